The van der Waals surface area contributed by atoms with Crippen LogP contribution in [0, 0.1) is 13.8 Å². The lowest BCUT2D eigenvalue weighted by molar-refractivity contribution is 1.30. The molecule has 0 saturated carbocycles. The highest BCUT2D eigenvalue weighted by molar-refractivity contribution is 6.05. The number of rotatable bonds is 0. The number of nitrogens with zero attached hydrogens (tertiary/aromatic N) is 1. The molecule has 0 amide bonds. The predicted octanol–water partition coefficient (Wildman–Crippen LogP) is 4.36. The third-order valence-electron chi connectivity index (χ3n) is 2.74. The highest BCUT2D eigenvalue weighted by Gasteiger charge is 2.03. The average molecular weight is 226 g/mol. The molecule has 3 rings (SSSR count). The molecule has 2 aromatic heterocycles. The fourth-order valence-electron chi connectivity index (χ4n) is 2.05. The van der Waals surface area contributed by atoms with Crippen molar-refractivity contribution in [2.45, 2.75) is 27.7 Å². The standard InChI is InChI=1S/C13H12N2.C2H6/c1-8-5-10-11-6-9(2)15-13(11)4-3-12(10)14-7-8;1-2/h3-7,15H,1-2H3;1-2H3. The number of aryl methyl sites for hydroxylation is 2. The van der Waals surface area contributed by atoms with E-state index in [0.717, 1.165) is 5.52 Å². The molecule has 0 aliphatic rings. The first kappa shape index (κ1) is 11.6. The molecule has 0 unspecified atom stereocenters. The lowest BCUT2D eigenvalue weighted by Gasteiger charge is -1.99. The van der Waals surface area contributed by atoms with Gasteiger partial charge in [0.25, 0.3) is 0 Å². The van der Waals surface area contributed by atoms with Gasteiger partial charge in [0, 0.05) is 28.2 Å². The number of pyridine rings is 1. The van der Waals surface area contributed by atoms with Gasteiger partial charge in [-0.05, 0) is 43.7 Å². The van der Waals surface area contributed by atoms with Crippen molar-refractivity contribution >= 4 is 21.8 Å². The molecule has 0 saturated heterocycles. The summed E-state index contributed by atoms with van der Waals surface area (Å²) in [4.78, 5) is 7.77. The van der Waals surface area contributed by atoms with Gasteiger partial charge in [-0.15, -0.1) is 0 Å². The topological polar surface area (TPSA) is 28.7 Å². The second-order valence-electron chi connectivity index (χ2n) is 4.06. The van der Waals surface area contributed by atoms with E-state index in [0.29, 0.717) is 0 Å². The molecule has 3 aromatic rings. The maximum atomic E-state index is 4.43. The Labute approximate surface area is 102 Å². The van der Waals surface area contributed by atoms with Crippen LogP contribution in [0.5, 0.6) is 0 Å². The van der Waals surface area contributed by atoms with E-state index in [4.69, 9.17) is 0 Å². The third-order valence-corrected chi connectivity index (χ3v) is 2.74. The number of hydrogen-bond acceptors (Lipinski definition) is 1. The highest BCUT2D eigenvalue weighted by Crippen LogP contribution is 2.25. The summed E-state index contributed by atoms with van der Waals surface area (Å²) >= 11 is 0. The van der Waals surface area contributed by atoms with Crippen molar-refractivity contribution in [3.63, 3.8) is 0 Å². The molecule has 2 heteroatoms. The van der Waals surface area contributed by atoms with E-state index in [-0.39, 0.29) is 0 Å². The average Bonchev–Trinajstić information content (AvgIpc) is 2.72. The Morgan fingerprint density at radius 2 is 1.76 bits per heavy atom. The number of H-pyrrole nitrogens is 1. The van der Waals surface area contributed by atoms with Gasteiger partial charge in [0.2, 0.25) is 0 Å². The molecule has 0 aliphatic heterocycles. The Morgan fingerprint density at radius 1 is 1.00 bits per heavy atom. The van der Waals surface area contributed by atoms with Gasteiger partial charge >= 0.3 is 0 Å². The minimum absolute atomic E-state index is 1.06. The smallest absolute Gasteiger partial charge is 0.0709 e. The Morgan fingerprint density at radius 3 is 2.53 bits per heavy atom. The Kier molecular flexibility index (Phi) is 3.14. The number of benzene rings is 1. The zero-order valence-corrected chi connectivity index (χ0v) is 10.8. The molecule has 0 fully saturated rings. The van der Waals surface area contributed by atoms with E-state index in [2.05, 4.69) is 48.1 Å². The van der Waals surface area contributed by atoms with Gasteiger partial charge in [-0.1, -0.05) is 13.8 Å². The Balaban J connectivity index is 0.000000514. The molecule has 1 aromatic carbocycles. The normalized spacial score (nSPS) is 10.4. The molecule has 0 spiro atoms. The van der Waals surface area contributed by atoms with Crippen LogP contribution in [-0.4, -0.2) is 9.97 Å². The van der Waals surface area contributed by atoms with Crippen molar-refractivity contribution < 1.29 is 0 Å². The zero-order valence-electron chi connectivity index (χ0n) is 10.8. The molecular formula is C15H18N2. The highest BCUT2D eigenvalue weighted by atomic mass is 14.7. The summed E-state index contributed by atoms with van der Waals surface area (Å²) in [5.74, 6) is 0. The number of hydrogen-bond donors (Lipinski definition) is 1. The van der Waals surface area contributed by atoms with Crippen LogP contribution in [0.1, 0.15) is 25.1 Å². The zero-order chi connectivity index (χ0) is 12.4. The summed E-state index contributed by atoms with van der Waals surface area (Å²) < 4.78 is 0. The molecule has 88 valence electrons. The monoisotopic (exact) mass is 226 g/mol. The van der Waals surface area contributed by atoms with E-state index in [9.17, 15) is 0 Å². The van der Waals surface area contributed by atoms with Gasteiger partial charge in [-0.2, -0.15) is 0 Å². The first-order valence-corrected chi connectivity index (χ1v) is 6.09. The van der Waals surface area contributed by atoms with Crippen molar-refractivity contribution in [3.05, 3.63) is 41.7 Å². The fraction of sp³-hybridized carbons (Fsp3) is 0.267. The van der Waals surface area contributed by atoms with Crippen LogP contribution in [0.4, 0.5) is 0 Å². The van der Waals surface area contributed by atoms with Crippen LogP contribution in [0.15, 0.2) is 30.5 Å². The van der Waals surface area contributed by atoms with Gasteiger partial charge in [-0.3, -0.25) is 4.98 Å². The van der Waals surface area contributed by atoms with Crippen LogP contribution < -0.4 is 0 Å². The van der Waals surface area contributed by atoms with Crippen molar-refractivity contribution in [2.24, 2.45) is 0 Å². The van der Waals surface area contributed by atoms with Crippen LogP contribution >= 0.6 is 0 Å². The predicted molar refractivity (Wildman–Crippen MR) is 74.4 cm³/mol. The quantitative estimate of drug-likeness (QED) is 0.606. The number of fused-ring (bicyclic) bond motifs is 3. The Hall–Kier alpha value is -1.83. The first-order valence-electron chi connectivity index (χ1n) is 6.09. The van der Waals surface area contributed by atoms with E-state index < -0.39 is 0 Å². The number of aromatic amines is 1. The van der Waals surface area contributed by atoms with Crippen LogP contribution in [0.2, 0.25) is 0 Å². The van der Waals surface area contributed by atoms with Gasteiger partial charge in [0.15, 0.2) is 0 Å². The molecule has 2 heterocycles. The molecular weight excluding hydrogens is 208 g/mol. The van der Waals surface area contributed by atoms with Crippen molar-refractivity contribution in [1.82, 2.24) is 9.97 Å². The summed E-state index contributed by atoms with van der Waals surface area (Å²) in [6.45, 7) is 8.15. The molecule has 0 atom stereocenters. The summed E-state index contributed by atoms with van der Waals surface area (Å²) in [5, 5.41) is 2.50. The van der Waals surface area contributed by atoms with Crippen molar-refractivity contribution in [1.29, 1.82) is 0 Å². The van der Waals surface area contributed by atoms with E-state index in [1.165, 1.54) is 27.5 Å². The van der Waals surface area contributed by atoms with Gasteiger partial charge in [-0.25, -0.2) is 0 Å². The van der Waals surface area contributed by atoms with E-state index in [1.54, 1.807) is 0 Å². The summed E-state index contributed by atoms with van der Waals surface area (Å²) in [6, 6.07) is 8.52. The van der Waals surface area contributed by atoms with E-state index >= 15 is 0 Å². The van der Waals surface area contributed by atoms with Crippen LogP contribution in [0.25, 0.3) is 21.8 Å². The molecule has 0 bridgehead atoms. The summed E-state index contributed by atoms with van der Waals surface area (Å²) in [6.07, 6.45) is 1.91. The third kappa shape index (κ3) is 2.03. The van der Waals surface area contributed by atoms with Crippen molar-refractivity contribution in [2.75, 3.05) is 0 Å². The van der Waals surface area contributed by atoms with Gasteiger partial charge in [0.1, 0.15) is 0 Å². The fourth-order valence-corrected chi connectivity index (χ4v) is 2.05. The van der Waals surface area contributed by atoms with Gasteiger partial charge in [0.05, 0.1) is 5.52 Å². The summed E-state index contributed by atoms with van der Waals surface area (Å²) in [5.41, 5.74) is 4.65. The van der Waals surface area contributed by atoms with Crippen LogP contribution in [-0.2, 0) is 0 Å². The molecule has 17 heavy (non-hydrogen) atoms. The lowest BCUT2D eigenvalue weighted by atomic mass is 10.1. The first-order chi connectivity index (χ1) is 8.24. The second-order valence-corrected chi connectivity index (χ2v) is 4.06. The minimum Gasteiger partial charge on any atom is -0.359 e. The van der Waals surface area contributed by atoms with Crippen molar-refractivity contribution in [3.8, 4) is 0 Å². The Bertz CT molecular complexity index is 650. The maximum absolute atomic E-state index is 4.43. The summed E-state index contributed by atoms with van der Waals surface area (Å²) in [7, 11) is 0. The number of aromatic nitrogens is 2. The minimum atomic E-state index is 1.06. The molecule has 2 nitrogen and oxygen atoms in total. The number of nitrogens with one attached hydrogen (secondary N) is 1. The molecule has 1 N–H and O–H groups in total. The second kappa shape index (κ2) is 4.58. The van der Waals surface area contributed by atoms with E-state index in [1.807, 2.05) is 20.0 Å². The van der Waals surface area contributed by atoms with Gasteiger partial charge < -0.3 is 4.98 Å². The molecule has 0 aliphatic carbocycles. The maximum Gasteiger partial charge on any atom is 0.0709 e. The lowest BCUT2D eigenvalue weighted by Crippen LogP contribution is -1.81. The SMILES string of the molecule is CC.Cc1cnc2ccc3[nH]c(C)cc3c2c1. The van der Waals surface area contributed by atoms with Crippen LogP contribution in [0.3, 0.4) is 0 Å². The largest absolute Gasteiger partial charge is 0.359 e. The molecule has 0 radical (unpaired) electrons.